The van der Waals surface area contributed by atoms with Gasteiger partial charge < -0.3 is 9.47 Å². The molecule has 0 aliphatic heterocycles. The van der Waals surface area contributed by atoms with Crippen molar-refractivity contribution in [1.29, 1.82) is 5.26 Å². The second-order valence-electron chi connectivity index (χ2n) is 4.07. The minimum absolute atomic E-state index is 0.378. The van der Waals surface area contributed by atoms with E-state index in [1.807, 2.05) is 42.5 Å². The van der Waals surface area contributed by atoms with Crippen molar-refractivity contribution in [3.05, 3.63) is 48.0 Å². The Hall–Kier alpha value is -2.47. The number of benzene rings is 2. The molecule has 96 valence electrons. The molecule has 0 radical (unpaired) electrons. The number of methoxy groups -OCH3 is 2. The second kappa shape index (κ2) is 5.92. The maximum absolute atomic E-state index is 8.74. The number of nitrogens with zero attached hydrogens (tertiary/aromatic N) is 1. The van der Waals surface area contributed by atoms with Crippen LogP contribution in [0.2, 0.25) is 0 Å². The van der Waals surface area contributed by atoms with E-state index >= 15 is 0 Å². The zero-order valence-electron chi connectivity index (χ0n) is 11.0. The van der Waals surface area contributed by atoms with Gasteiger partial charge in [0.05, 0.1) is 26.7 Å². The molecule has 0 aliphatic carbocycles. The molecule has 0 aliphatic rings. The summed E-state index contributed by atoms with van der Waals surface area (Å²) in [6.07, 6.45) is 0.378. The van der Waals surface area contributed by atoms with Crippen molar-refractivity contribution in [1.82, 2.24) is 0 Å². The molecule has 0 unspecified atom stereocenters. The Morgan fingerprint density at radius 1 is 0.947 bits per heavy atom. The lowest BCUT2D eigenvalue weighted by Crippen LogP contribution is -1.93. The van der Waals surface area contributed by atoms with E-state index in [1.165, 1.54) is 0 Å². The van der Waals surface area contributed by atoms with Gasteiger partial charge in [0.15, 0.2) is 0 Å². The molecule has 0 bridgehead atoms. The molecule has 3 heteroatoms. The van der Waals surface area contributed by atoms with Crippen LogP contribution in [0.25, 0.3) is 11.1 Å². The molecule has 0 spiro atoms. The lowest BCUT2D eigenvalue weighted by Gasteiger charge is -2.13. The lowest BCUT2D eigenvalue weighted by molar-refractivity contribution is 0.410. The highest BCUT2D eigenvalue weighted by molar-refractivity contribution is 5.76. The van der Waals surface area contributed by atoms with Crippen LogP contribution in [-0.4, -0.2) is 14.2 Å². The van der Waals surface area contributed by atoms with Crippen LogP contribution in [0.1, 0.15) is 5.56 Å². The summed E-state index contributed by atoms with van der Waals surface area (Å²) in [5, 5.41) is 8.74. The number of hydrogen-bond donors (Lipinski definition) is 0. The van der Waals surface area contributed by atoms with Gasteiger partial charge in [0, 0.05) is 11.1 Å². The SMILES string of the molecule is COc1ccccc1-c1ccc(CC#N)cc1OC. The van der Waals surface area contributed by atoms with Crippen LogP contribution in [0.3, 0.4) is 0 Å². The van der Waals surface area contributed by atoms with E-state index < -0.39 is 0 Å². The van der Waals surface area contributed by atoms with Crippen LogP contribution in [0.4, 0.5) is 0 Å². The average Bonchev–Trinajstić information content (AvgIpc) is 2.47. The molecule has 0 heterocycles. The molecule has 0 saturated heterocycles. The molecule has 2 rings (SSSR count). The molecular formula is C16H15NO2. The van der Waals surface area contributed by atoms with Gasteiger partial charge in [-0.1, -0.05) is 30.3 Å². The normalized spacial score (nSPS) is 9.74. The van der Waals surface area contributed by atoms with Gasteiger partial charge in [-0.25, -0.2) is 0 Å². The molecule has 0 N–H and O–H groups in total. The van der Waals surface area contributed by atoms with E-state index in [2.05, 4.69) is 6.07 Å². The van der Waals surface area contributed by atoms with Gasteiger partial charge in [-0.15, -0.1) is 0 Å². The van der Waals surface area contributed by atoms with Crippen LogP contribution in [0, 0.1) is 11.3 Å². The van der Waals surface area contributed by atoms with E-state index in [-0.39, 0.29) is 0 Å². The Morgan fingerprint density at radius 2 is 1.63 bits per heavy atom. The Bertz CT molecular complexity index is 614. The molecule has 0 atom stereocenters. The van der Waals surface area contributed by atoms with Crippen molar-refractivity contribution in [3.63, 3.8) is 0 Å². The third kappa shape index (κ3) is 2.69. The van der Waals surface area contributed by atoms with E-state index in [1.54, 1.807) is 14.2 Å². The smallest absolute Gasteiger partial charge is 0.127 e. The fraction of sp³-hybridized carbons (Fsp3) is 0.188. The van der Waals surface area contributed by atoms with Crippen molar-refractivity contribution >= 4 is 0 Å². The van der Waals surface area contributed by atoms with Crippen LogP contribution >= 0.6 is 0 Å². The zero-order valence-corrected chi connectivity index (χ0v) is 11.0. The van der Waals surface area contributed by atoms with Gasteiger partial charge in [0.2, 0.25) is 0 Å². The van der Waals surface area contributed by atoms with Gasteiger partial charge in [0.1, 0.15) is 11.5 Å². The van der Waals surface area contributed by atoms with Gasteiger partial charge in [0.25, 0.3) is 0 Å². The second-order valence-corrected chi connectivity index (χ2v) is 4.07. The van der Waals surface area contributed by atoms with Crippen LogP contribution < -0.4 is 9.47 Å². The van der Waals surface area contributed by atoms with E-state index in [9.17, 15) is 0 Å². The minimum atomic E-state index is 0.378. The Morgan fingerprint density at radius 3 is 2.32 bits per heavy atom. The van der Waals surface area contributed by atoms with Gasteiger partial charge >= 0.3 is 0 Å². The largest absolute Gasteiger partial charge is 0.496 e. The Labute approximate surface area is 113 Å². The zero-order chi connectivity index (χ0) is 13.7. The first-order valence-corrected chi connectivity index (χ1v) is 5.97. The molecule has 3 nitrogen and oxygen atoms in total. The number of para-hydroxylation sites is 1. The average molecular weight is 253 g/mol. The van der Waals surface area contributed by atoms with E-state index in [0.29, 0.717) is 6.42 Å². The summed E-state index contributed by atoms with van der Waals surface area (Å²) in [7, 11) is 3.28. The maximum Gasteiger partial charge on any atom is 0.127 e. The summed E-state index contributed by atoms with van der Waals surface area (Å²) >= 11 is 0. The van der Waals surface area contributed by atoms with Crippen LogP contribution in [0.5, 0.6) is 11.5 Å². The summed E-state index contributed by atoms with van der Waals surface area (Å²) in [6, 6.07) is 15.7. The lowest BCUT2D eigenvalue weighted by atomic mass is 10.0. The minimum Gasteiger partial charge on any atom is -0.496 e. The number of hydrogen-bond acceptors (Lipinski definition) is 3. The first-order valence-electron chi connectivity index (χ1n) is 5.97. The fourth-order valence-electron chi connectivity index (χ4n) is 2.03. The highest BCUT2D eigenvalue weighted by Crippen LogP contribution is 2.36. The van der Waals surface area contributed by atoms with Gasteiger partial charge in [-0.2, -0.15) is 5.26 Å². The molecule has 0 fully saturated rings. The van der Waals surface area contributed by atoms with Crippen LogP contribution in [0.15, 0.2) is 42.5 Å². The first-order chi connectivity index (χ1) is 9.30. The summed E-state index contributed by atoms with van der Waals surface area (Å²) in [6.45, 7) is 0. The van der Waals surface area contributed by atoms with Crippen LogP contribution in [-0.2, 0) is 6.42 Å². The first kappa shape index (κ1) is 13.0. The monoisotopic (exact) mass is 253 g/mol. The Kier molecular flexibility index (Phi) is 4.04. The predicted molar refractivity (Wildman–Crippen MR) is 74.3 cm³/mol. The fourth-order valence-corrected chi connectivity index (χ4v) is 2.03. The van der Waals surface area contributed by atoms with E-state index in [0.717, 1.165) is 28.2 Å². The van der Waals surface area contributed by atoms with Crippen molar-refractivity contribution in [2.75, 3.05) is 14.2 Å². The number of ether oxygens (including phenoxy) is 2. The molecule has 19 heavy (non-hydrogen) atoms. The van der Waals surface area contributed by atoms with E-state index in [4.69, 9.17) is 14.7 Å². The Balaban J connectivity index is 2.53. The van der Waals surface area contributed by atoms with Crippen molar-refractivity contribution in [3.8, 4) is 28.7 Å². The predicted octanol–water partition coefficient (Wildman–Crippen LogP) is 3.44. The number of nitriles is 1. The van der Waals surface area contributed by atoms with Crippen molar-refractivity contribution < 1.29 is 9.47 Å². The molecule has 2 aromatic rings. The summed E-state index contributed by atoms with van der Waals surface area (Å²) in [5.41, 5.74) is 2.88. The molecule has 0 saturated carbocycles. The standard InChI is InChI=1S/C16H15NO2/c1-18-15-6-4-3-5-13(15)14-8-7-12(9-10-17)11-16(14)19-2/h3-8,11H,9H2,1-2H3. The van der Waals surface area contributed by atoms with Gasteiger partial charge in [-0.3, -0.25) is 0 Å². The third-order valence-electron chi connectivity index (χ3n) is 2.95. The quantitative estimate of drug-likeness (QED) is 0.838. The summed E-state index contributed by atoms with van der Waals surface area (Å²) in [4.78, 5) is 0. The highest BCUT2D eigenvalue weighted by atomic mass is 16.5. The molecular weight excluding hydrogens is 238 g/mol. The van der Waals surface area contributed by atoms with Crippen molar-refractivity contribution in [2.45, 2.75) is 6.42 Å². The summed E-state index contributed by atoms with van der Waals surface area (Å²) in [5.74, 6) is 1.55. The highest BCUT2D eigenvalue weighted by Gasteiger charge is 2.11. The van der Waals surface area contributed by atoms with Gasteiger partial charge in [-0.05, 0) is 17.7 Å². The maximum atomic E-state index is 8.74. The topological polar surface area (TPSA) is 42.2 Å². The number of rotatable bonds is 4. The molecule has 0 aromatic heterocycles. The van der Waals surface area contributed by atoms with Crippen molar-refractivity contribution in [2.24, 2.45) is 0 Å². The third-order valence-corrected chi connectivity index (χ3v) is 2.95. The molecule has 2 aromatic carbocycles. The summed E-state index contributed by atoms with van der Waals surface area (Å²) < 4.78 is 10.8. The molecule has 0 amide bonds.